The number of carbonyl (C=O) groups excluding carboxylic acids is 3. The molecule has 0 atom stereocenters. The third-order valence-electron chi connectivity index (χ3n) is 5.60. The monoisotopic (exact) mass is 507 g/mol. The summed E-state index contributed by atoms with van der Waals surface area (Å²) in [4.78, 5) is 39.3. The summed E-state index contributed by atoms with van der Waals surface area (Å²) in [5.41, 5.74) is 4.57. The molecular weight excluding hydrogens is 486 g/mol. The number of halogens is 1. The number of ether oxygens (including phenoxy) is 1. The van der Waals surface area contributed by atoms with Crippen molar-refractivity contribution in [1.82, 2.24) is 9.88 Å². The van der Waals surface area contributed by atoms with Gasteiger partial charge in [-0.1, -0.05) is 15.9 Å². The Morgan fingerprint density at radius 2 is 1.61 bits per heavy atom. The predicted molar refractivity (Wildman–Crippen MR) is 130 cm³/mol. The van der Waals surface area contributed by atoms with Crippen LogP contribution in [0.15, 0.2) is 58.6 Å². The molecule has 4 rings (SSSR count). The van der Waals surface area contributed by atoms with E-state index in [0.717, 1.165) is 37.8 Å². The maximum absolute atomic E-state index is 13.2. The SMILES string of the molecule is COc1ccc(-n2c(C)cc(/C=C3\C(=O)NC(=O)N(c4ccc(Br)c(C)c4)C3=O)c2C)cc1. The number of carbonyl (C=O) groups is 3. The van der Waals surface area contributed by atoms with Crippen LogP contribution in [-0.4, -0.2) is 29.5 Å². The lowest BCUT2D eigenvalue weighted by Gasteiger charge is -2.26. The lowest BCUT2D eigenvalue weighted by molar-refractivity contribution is -0.122. The minimum absolute atomic E-state index is 0.106. The van der Waals surface area contributed by atoms with Crippen LogP contribution < -0.4 is 15.0 Å². The highest BCUT2D eigenvalue weighted by molar-refractivity contribution is 9.10. The van der Waals surface area contributed by atoms with Gasteiger partial charge in [-0.2, -0.15) is 0 Å². The largest absolute Gasteiger partial charge is 0.497 e. The Labute approximate surface area is 199 Å². The second-order valence-corrected chi connectivity index (χ2v) is 8.61. The molecule has 1 saturated heterocycles. The maximum atomic E-state index is 13.2. The zero-order valence-electron chi connectivity index (χ0n) is 18.6. The smallest absolute Gasteiger partial charge is 0.335 e. The molecule has 7 nitrogen and oxygen atoms in total. The second-order valence-electron chi connectivity index (χ2n) is 7.75. The van der Waals surface area contributed by atoms with Crippen LogP contribution in [0.3, 0.4) is 0 Å². The zero-order chi connectivity index (χ0) is 23.9. The van der Waals surface area contributed by atoms with Crippen LogP contribution in [0.4, 0.5) is 10.5 Å². The fourth-order valence-corrected chi connectivity index (χ4v) is 4.12. The molecule has 2 aromatic carbocycles. The van der Waals surface area contributed by atoms with Crippen LogP contribution in [-0.2, 0) is 9.59 Å². The molecule has 1 aliphatic heterocycles. The number of urea groups is 1. The number of imide groups is 2. The van der Waals surface area contributed by atoms with Gasteiger partial charge in [-0.3, -0.25) is 14.9 Å². The van der Waals surface area contributed by atoms with Gasteiger partial charge in [0.25, 0.3) is 11.8 Å². The van der Waals surface area contributed by atoms with Gasteiger partial charge in [0.15, 0.2) is 0 Å². The number of rotatable bonds is 4. The molecule has 0 saturated carbocycles. The highest BCUT2D eigenvalue weighted by atomic mass is 79.9. The van der Waals surface area contributed by atoms with Crippen LogP contribution in [0, 0.1) is 20.8 Å². The molecule has 1 aliphatic rings. The van der Waals surface area contributed by atoms with Gasteiger partial charge in [0.2, 0.25) is 0 Å². The standard InChI is InChI=1S/C25H22BrN3O4/c1-14-11-19(7-10-22(14)26)29-24(31)21(23(30)27-25(29)32)13-17-12-15(2)28(16(17)3)18-5-8-20(33-4)9-6-18/h5-13H,1-4H3,(H,27,30,32)/b21-13+. The Bertz CT molecular complexity index is 1320. The predicted octanol–water partition coefficient (Wildman–Crippen LogP) is 4.84. The third kappa shape index (κ3) is 4.09. The average Bonchev–Trinajstić information content (AvgIpc) is 3.06. The number of amides is 4. The van der Waals surface area contributed by atoms with Crippen molar-refractivity contribution in [2.24, 2.45) is 0 Å². The molecule has 3 aromatic rings. The number of aromatic nitrogens is 1. The summed E-state index contributed by atoms with van der Waals surface area (Å²) >= 11 is 3.41. The van der Waals surface area contributed by atoms with E-state index in [1.165, 1.54) is 6.08 Å². The topological polar surface area (TPSA) is 80.6 Å². The Kier molecular flexibility index (Phi) is 5.95. The number of hydrogen-bond donors (Lipinski definition) is 1. The van der Waals surface area contributed by atoms with Crippen molar-refractivity contribution >= 4 is 45.5 Å². The Hall–Kier alpha value is -3.65. The first kappa shape index (κ1) is 22.5. The maximum Gasteiger partial charge on any atom is 0.335 e. The Morgan fingerprint density at radius 3 is 2.24 bits per heavy atom. The summed E-state index contributed by atoms with van der Waals surface area (Å²) in [6.07, 6.45) is 1.53. The van der Waals surface area contributed by atoms with E-state index in [1.807, 2.05) is 55.7 Å². The Balaban J connectivity index is 1.74. The van der Waals surface area contributed by atoms with E-state index in [4.69, 9.17) is 4.74 Å². The molecule has 2 heterocycles. The van der Waals surface area contributed by atoms with E-state index in [-0.39, 0.29) is 5.57 Å². The van der Waals surface area contributed by atoms with Crippen molar-refractivity contribution in [3.8, 4) is 11.4 Å². The van der Waals surface area contributed by atoms with E-state index in [1.54, 1.807) is 25.3 Å². The van der Waals surface area contributed by atoms with Crippen molar-refractivity contribution in [1.29, 1.82) is 0 Å². The number of hydrogen-bond acceptors (Lipinski definition) is 4. The minimum Gasteiger partial charge on any atom is -0.497 e. The first-order valence-corrected chi connectivity index (χ1v) is 11.0. The summed E-state index contributed by atoms with van der Waals surface area (Å²) in [5, 5.41) is 2.27. The van der Waals surface area contributed by atoms with Crippen molar-refractivity contribution in [2.75, 3.05) is 12.0 Å². The van der Waals surface area contributed by atoms with Gasteiger partial charge in [-0.25, -0.2) is 9.69 Å². The molecule has 0 bridgehead atoms. The summed E-state index contributed by atoms with van der Waals surface area (Å²) in [7, 11) is 1.61. The van der Waals surface area contributed by atoms with E-state index in [9.17, 15) is 14.4 Å². The number of nitrogens with zero attached hydrogens (tertiary/aromatic N) is 2. The highest BCUT2D eigenvalue weighted by Gasteiger charge is 2.37. The summed E-state index contributed by atoms with van der Waals surface area (Å²) in [6, 6.07) is 13.9. The van der Waals surface area contributed by atoms with Crippen molar-refractivity contribution in [2.45, 2.75) is 20.8 Å². The molecule has 0 spiro atoms. The van der Waals surface area contributed by atoms with Crippen LogP contribution in [0.25, 0.3) is 11.8 Å². The number of barbiturate groups is 1. The molecule has 8 heteroatoms. The third-order valence-corrected chi connectivity index (χ3v) is 6.49. The quantitative estimate of drug-likeness (QED) is 0.404. The minimum atomic E-state index is -0.771. The lowest BCUT2D eigenvalue weighted by Crippen LogP contribution is -2.54. The number of methoxy groups -OCH3 is 1. The van der Waals surface area contributed by atoms with E-state index in [2.05, 4.69) is 21.2 Å². The van der Waals surface area contributed by atoms with Gasteiger partial charge in [0.05, 0.1) is 12.8 Å². The molecule has 33 heavy (non-hydrogen) atoms. The van der Waals surface area contributed by atoms with Crippen molar-refractivity contribution in [3.05, 3.63) is 81.1 Å². The van der Waals surface area contributed by atoms with Gasteiger partial charge in [0.1, 0.15) is 11.3 Å². The van der Waals surface area contributed by atoms with Gasteiger partial charge in [0, 0.05) is 21.5 Å². The normalized spacial score (nSPS) is 15.2. The Morgan fingerprint density at radius 1 is 0.939 bits per heavy atom. The van der Waals surface area contributed by atoms with Gasteiger partial charge in [-0.05, 0) is 86.5 Å². The number of aryl methyl sites for hydroxylation is 2. The first-order valence-electron chi connectivity index (χ1n) is 10.2. The molecule has 168 valence electrons. The van der Waals surface area contributed by atoms with Crippen LogP contribution >= 0.6 is 15.9 Å². The summed E-state index contributed by atoms with van der Waals surface area (Å²) < 4.78 is 8.11. The fraction of sp³-hybridized carbons (Fsp3) is 0.160. The lowest BCUT2D eigenvalue weighted by atomic mass is 10.1. The molecule has 4 amide bonds. The molecule has 0 radical (unpaired) electrons. The van der Waals surface area contributed by atoms with E-state index < -0.39 is 17.8 Å². The van der Waals surface area contributed by atoms with Gasteiger partial charge < -0.3 is 9.30 Å². The molecule has 0 unspecified atom stereocenters. The van der Waals surface area contributed by atoms with Crippen LogP contribution in [0.2, 0.25) is 0 Å². The van der Waals surface area contributed by atoms with Crippen molar-refractivity contribution < 1.29 is 19.1 Å². The van der Waals surface area contributed by atoms with Crippen molar-refractivity contribution in [3.63, 3.8) is 0 Å². The number of nitrogens with one attached hydrogen (secondary N) is 1. The number of benzene rings is 2. The molecule has 1 aromatic heterocycles. The molecule has 1 fully saturated rings. The van der Waals surface area contributed by atoms with Crippen LogP contribution in [0.1, 0.15) is 22.5 Å². The average molecular weight is 508 g/mol. The molecule has 0 aliphatic carbocycles. The van der Waals surface area contributed by atoms with Gasteiger partial charge >= 0.3 is 6.03 Å². The summed E-state index contributed by atoms with van der Waals surface area (Å²) in [5.74, 6) is -0.634. The number of anilines is 1. The molecular formula is C25H22BrN3O4. The fourth-order valence-electron chi connectivity index (χ4n) is 3.88. The zero-order valence-corrected chi connectivity index (χ0v) is 20.2. The highest BCUT2D eigenvalue weighted by Crippen LogP contribution is 2.28. The van der Waals surface area contributed by atoms with E-state index >= 15 is 0 Å². The summed E-state index contributed by atoms with van der Waals surface area (Å²) in [6.45, 7) is 5.72. The first-order chi connectivity index (χ1) is 15.7. The van der Waals surface area contributed by atoms with E-state index in [0.29, 0.717) is 11.3 Å². The second kappa shape index (κ2) is 8.71. The van der Waals surface area contributed by atoms with Gasteiger partial charge in [-0.15, -0.1) is 0 Å². The van der Waals surface area contributed by atoms with Crippen LogP contribution in [0.5, 0.6) is 5.75 Å². The molecule has 1 N–H and O–H groups in total.